The van der Waals surface area contributed by atoms with Crippen LogP contribution in [0.25, 0.3) is 0 Å². The molecule has 0 aliphatic rings. The van der Waals surface area contributed by atoms with Crippen LogP contribution in [0.3, 0.4) is 0 Å². The minimum atomic E-state index is -1.32. The van der Waals surface area contributed by atoms with E-state index >= 15 is 0 Å². The van der Waals surface area contributed by atoms with Gasteiger partial charge in [-0.1, -0.05) is 28.1 Å². The number of hydrogen-bond donors (Lipinski definition) is 2. The van der Waals surface area contributed by atoms with Gasteiger partial charge in [-0.2, -0.15) is 0 Å². The summed E-state index contributed by atoms with van der Waals surface area (Å²) in [5.41, 5.74) is 5.02. The van der Waals surface area contributed by atoms with Crippen molar-refractivity contribution >= 4 is 27.5 Å². The minimum Gasteiger partial charge on any atom is -0.368 e. The molecule has 3 nitrogen and oxygen atoms in total. The van der Waals surface area contributed by atoms with Crippen LogP contribution in [0.2, 0.25) is 0 Å². The topological polar surface area (TPSA) is 55.1 Å². The number of primary amides is 1. The molecule has 110 valence electrons. The molecule has 2 aromatic rings. The zero-order valence-electron chi connectivity index (χ0n) is 11.2. The highest BCUT2D eigenvalue weighted by Gasteiger charge is 2.35. The van der Waals surface area contributed by atoms with E-state index in [2.05, 4.69) is 21.2 Å². The third kappa shape index (κ3) is 3.21. The Bertz CT molecular complexity index is 693. The average molecular weight is 355 g/mol. The predicted octanol–water partition coefficient (Wildman–Crippen LogP) is 3.54. The molecule has 0 spiro atoms. The van der Waals surface area contributed by atoms with E-state index in [0.29, 0.717) is 15.7 Å². The summed E-state index contributed by atoms with van der Waals surface area (Å²) in [4.78, 5) is 11.9. The highest BCUT2D eigenvalue weighted by Crippen LogP contribution is 2.32. The maximum atomic E-state index is 13.3. The Morgan fingerprint density at radius 2 is 1.86 bits per heavy atom. The van der Waals surface area contributed by atoms with Crippen LogP contribution < -0.4 is 11.1 Å². The van der Waals surface area contributed by atoms with E-state index in [1.165, 1.54) is 36.4 Å². The van der Waals surface area contributed by atoms with Crippen molar-refractivity contribution in [3.8, 4) is 0 Å². The summed E-state index contributed by atoms with van der Waals surface area (Å²) in [6.45, 7) is 1.55. The monoisotopic (exact) mass is 354 g/mol. The van der Waals surface area contributed by atoms with Crippen molar-refractivity contribution in [3.05, 3.63) is 64.1 Å². The first kappa shape index (κ1) is 15.4. The molecule has 0 bridgehead atoms. The van der Waals surface area contributed by atoms with Gasteiger partial charge in [0, 0.05) is 15.7 Å². The molecule has 0 aromatic heterocycles. The lowest BCUT2D eigenvalue weighted by Gasteiger charge is -2.30. The molecular weight excluding hydrogens is 342 g/mol. The Morgan fingerprint density at radius 3 is 2.43 bits per heavy atom. The third-order valence-electron chi connectivity index (χ3n) is 3.18. The number of anilines is 1. The normalized spacial score (nSPS) is 13.5. The van der Waals surface area contributed by atoms with Crippen molar-refractivity contribution in [2.75, 3.05) is 5.32 Å². The Hall–Kier alpha value is -1.95. The Balaban J connectivity index is 2.48. The molecule has 1 atom stereocenters. The summed E-state index contributed by atoms with van der Waals surface area (Å²) in [6.07, 6.45) is 0. The van der Waals surface area contributed by atoms with E-state index in [-0.39, 0.29) is 0 Å². The van der Waals surface area contributed by atoms with Crippen LogP contribution in [0.1, 0.15) is 12.5 Å². The van der Waals surface area contributed by atoms with Gasteiger partial charge in [0.2, 0.25) is 5.91 Å². The van der Waals surface area contributed by atoms with Crippen LogP contribution in [0.5, 0.6) is 0 Å². The molecule has 1 unspecified atom stereocenters. The summed E-state index contributed by atoms with van der Waals surface area (Å²) < 4.78 is 26.9. The molecule has 0 heterocycles. The number of carbonyl (C=O) groups is 1. The zero-order valence-corrected chi connectivity index (χ0v) is 12.7. The van der Waals surface area contributed by atoms with E-state index in [0.717, 1.165) is 0 Å². The van der Waals surface area contributed by atoms with Gasteiger partial charge >= 0.3 is 0 Å². The van der Waals surface area contributed by atoms with Crippen molar-refractivity contribution < 1.29 is 13.6 Å². The van der Waals surface area contributed by atoms with Gasteiger partial charge < -0.3 is 11.1 Å². The average Bonchev–Trinajstić information content (AvgIpc) is 2.38. The number of rotatable bonds is 4. The SMILES string of the molecule is CC(Nc1cccc(F)c1)(C(N)=O)c1ccc(F)cc1Br. The van der Waals surface area contributed by atoms with Crippen LogP contribution in [0.15, 0.2) is 46.9 Å². The van der Waals surface area contributed by atoms with Crippen LogP contribution in [-0.4, -0.2) is 5.91 Å². The molecule has 6 heteroatoms. The van der Waals surface area contributed by atoms with E-state index in [1.54, 1.807) is 13.0 Å². The molecule has 1 amide bonds. The van der Waals surface area contributed by atoms with Gasteiger partial charge in [-0.05, 0) is 37.3 Å². The summed E-state index contributed by atoms with van der Waals surface area (Å²) in [7, 11) is 0. The van der Waals surface area contributed by atoms with Gasteiger partial charge in [0.05, 0.1) is 0 Å². The molecule has 0 saturated carbocycles. The number of hydrogen-bond acceptors (Lipinski definition) is 2. The molecule has 21 heavy (non-hydrogen) atoms. The van der Waals surface area contributed by atoms with Gasteiger partial charge in [-0.15, -0.1) is 0 Å². The summed E-state index contributed by atoms with van der Waals surface area (Å²) in [5, 5.41) is 2.91. The van der Waals surface area contributed by atoms with Crippen molar-refractivity contribution in [1.82, 2.24) is 0 Å². The first-order chi connectivity index (χ1) is 9.83. The molecule has 0 aliphatic heterocycles. The fraction of sp³-hybridized carbons (Fsp3) is 0.133. The standard InChI is InChI=1S/C15H13BrF2N2O/c1-15(14(19)21,12-6-5-10(18)8-13(12)16)20-11-4-2-3-9(17)7-11/h2-8,20H,1H3,(H2,19,21). The third-order valence-corrected chi connectivity index (χ3v) is 3.84. The second-order valence-corrected chi connectivity index (χ2v) is 5.60. The van der Waals surface area contributed by atoms with E-state index in [1.807, 2.05) is 0 Å². The molecule has 0 saturated heterocycles. The first-order valence-electron chi connectivity index (χ1n) is 6.12. The van der Waals surface area contributed by atoms with E-state index in [9.17, 15) is 13.6 Å². The molecule has 0 aliphatic carbocycles. The van der Waals surface area contributed by atoms with Crippen molar-refractivity contribution in [1.29, 1.82) is 0 Å². The maximum absolute atomic E-state index is 13.3. The zero-order chi connectivity index (χ0) is 15.6. The Morgan fingerprint density at radius 1 is 1.19 bits per heavy atom. The highest BCUT2D eigenvalue weighted by molar-refractivity contribution is 9.10. The highest BCUT2D eigenvalue weighted by atomic mass is 79.9. The van der Waals surface area contributed by atoms with Gasteiger partial charge in [-0.25, -0.2) is 8.78 Å². The molecule has 2 rings (SSSR count). The summed E-state index contributed by atoms with van der Waals surface area (Å²) >= 11 is 3.22. The molecule has 0 fully saturated rings. The van der Waals surface area contributed by atoms with Gasteiger partial charge in [-0.3, -0.25) is 4.79 Å². The summed E-state index contributed by atoms with van der Waals surface area (Å²) in [5.74, 6) is -1.55. The predicted molar refractivity (Wildman–Crippen MR) is 80.7 cm³/mol. The van der Waals surface area contributed by atoms with Crippen LogP contribution in [0, 0.1) is 11.6 Å². The van der Waals surface area contributed by atoms with E-state index in [4.69, 9.17) is 5.73 Å². The fourth-order valence-electron chi connectivity index (χ4n) is 2.01. The Labute approximate surface area is 129 Å². The van der Waals surface area contributed by atoms with Crippen molar-refractivity contribution in [2.24, 2.45) is 5.73 Å². The Kier molecular flexibility index (Phi) is 4.27. The number of amides is 1. The van der Waals surface area contributed by atoms with Crippen molar-refractivity contribution in [2.45, 2.75) is 12.5 Å². The molecule has 3 N–H and O–H groups in total. The number of carbonyl (C=O) groups excluding carboxylic acids is 1. The quantitative estimate of drug-likeness (QED) is 0.882. The maximum Gasteiger partial charge on any atom is 0.247 e. The second kappa shape index (κ2) is 5.81. The summed E-state index contributed by atoms with van der Waals surface area (Å²) in [6, 6.07) is 9.59. The molecular formula is C15H13BrF2N2O. The first-order valence-corrected chi connectivity index (χ1v) is 6.91. The van der Waals surface area contributed by atoms with Crippen LogP contribution >= 0.6 is 15.9 Å². The largest absolute Gasteiger partial charge is 0.368 e. The minimum absolute atomic E-state index is 0.396. The van der Waals surface area contributed by atoms with Gasteiger partial charge in [0.15, 0.2) is 0 Å². The number of halogens is 3. The van der Waals surface area contributed by atoms with Gasteiger partial charge in [0.1, 0.15) is 17.2 Å². The lowest BCUT2D eigenvalue weighted by atomic mass is 9.90. The second-order valence-electron chi connectivity index (χ2n) is 4.75. The lowest BCUT2D eigenvalue weighted by Crippen LogP contribution is -2.45. The number of benzene rings is 2. The van der Waals surface area contributed by atoms with Gasteiger partial charge in [0.25, 0.3) is 0 Å². The van der Waals surface area contributed by atoms with Crippen LogP contribution in [-0.2, 0) is 10.3 Å². The smallest absolute Gasteiger partial charge is 0.247 e. The number of nitrogens with two attached hydrogens (primary N) is 1. The van der Waals surface area contributed by atoms with Crippen LogP contribution in [0.4, 0.5) is 14.5 Å². The lowest BCUT2D eigenvalue weighted by molar-refractivity contribution is -0.122. The molecule has 2 aromatic carbocycles. The fourth-order valence-corrected chi connectivity index (χ4v) is 2.76. The number of nitrogens with one attached hydrogen (secondary N) is 1. The van der Waals surface area contributed by atoms with Crippen molar-refractivity contribution in [3.63, 3.8) is 0 Å². The van der Waals surface area contributed by atoms with E-state index < -0.39 is 23.1 Å². The molecule has 0 radical (unpaired) electrons.